The van der Waals surface area contributed by atoms with Crippen LogP contribution in [-0.2, 0) is 0 Å². The summed E-state index contributed by atoms with van der Waals surface area (Å²) in [6.07, 6.45) is 1.72. The maximum Gasteiger partial charge on any atom is 0.0266 e. The minimum atomic E-state index is 0.955. The van der Waals surface area contributed by atoms with Gasteiger partial charge in [-0.25, -0.2) is 0 Å². The molecule has 0 radical (unpaired) electrons. The highest BCUT2D eigenvalue weighted by Crippen LogP contribution is 1.69. The molecule has 0 aromatic carbocycles. The lowest BCUT2D eigenvalue weighted by molar-refractivity contribution is 0.400. The Morgan fingerprint density at radius 3 is 2.55 bits per heavy atom. The highest BCUT2D eigenvalue weighted by molar-refractivity contribution is 4.63. The van der Waals surface area contributed by atoms with Crippen LogP contribution in [0.3, 0.4) is 0 Å². The van der Waals surface area contributed by atoms with Crippen LogP contribution in [0.5, 0.6) is 0 Å². The molecule has 2 N–H and O–H groups in total. The van der Waals surface area contributed by atoms with E-state index in [2.05, 4.69) is 36.2 Å². The van der Waals surface area contributed by atoms with E-state index < -0.39 is 0 Å². The van der Waals surface area contributed by atoms with Gasteiger partial charge >= 0.3 is 0 Å². The summed E-state index contributed by atoms with van der Waals surface area (Å²) < 4.78 is 0. The molecule has 66 valence electrons. The van der Waals surface area contributed by atoms with Gasteiger partial charge < -0.3 is 15.5 Å². The van der Waals surface area contributed by atoms with E-state index in [1.165, 1.54) is 0 Å². The Morgan fingerprint density at radius 2 is 2.00 bits per heavy atom. The summed E-state index contributed by atoms with van der Waals surface area (Å²) in [7, 11) is 4.15. The minimum absolute atomic E-state index is 0.955. The molecular formula is C8H19N3. The van der Waals surface area contributed by atoms with E-state index in [0.29, 0.717) is 0 Å². The van der Waals surface area contributed by atoms with Crippen molar-refractivity contribution in [2.45, 2.75) is 0 Å². The quantitative estimate of drug-likeness (QED) is 0.504. The Morgan fingerprint density at radius 1 is 1.27 bits per heavy atom. The van der Waals surface area contributed by atoms with Crippen molar-refractivity contribution >= 4 is 0 Å². The predicted molar refractivity (Wildman–Crippen MR) is 49.6 cm³/mol. The molecule has 0 aliphatic rings. The first-order valence-electron chi connectivity index (χ1n) is 3.97. The molecule has 0 fully saturated rings. The molecule has 0 spiro atoms. The zero-order valence-corrected chi connectivity index (χ0v) is 7.56. The van der Waals surface area contributed by atoms with Gasteiger partial charge in [0, 0.05) is 26.2 Å². The van der Waals surface area contributed by atoms with Crippen molar-refractivity contribution in [3.05, 3.63) is 12.8 Å². The van der Waals surface area contributed by atoms with Gasteiger partial charge in [-0.2, -0.15) is 0 Å². The summed E-state index contributed by atoms with van der Waals surface area (Å²) in [5.41, 5.74) is 0. The SMILES string of the molecule is C=CNCCNCCN(C)C. The van der Waals surface area contributed by atoms with E-state index in [1.807, 2.05) is 0 Å². The number of likely N-dealkylation sites (N-methyl/N-ethyl adjacent to an activating group) is 1. The molecule has 0 rings (SSSR count). The van der Waals surface area contributed by atoms with Crippen LogP contribution in [0.25, 0.3) is 0 Å². The zero-order chi connectivity index (χ0) is 8.53. The molecule has 0 amide bonds. The summed E-state index contributed by atoms with van der Waals surface area (Å²) >= 11 is 0. The van der Waals surface area contributed by atoms with Crippen molar-refractivity contribution in [1.29, 1.82) is 0 Å². The highest BCUT2D eigenvalue weighted by Gasteiger charge is 1.87. The fourth-order valence-electron chi connectivity index (χ4n) is 0.690. The summed E-state index contributed by atoms with van der Waals surface area (Å²) in [5.74, 6) is 0. The lowest BCUT2D eigenvalue weighted by Gasteiger charge is -2.09. The van der Waals surface area contributed by atoms with Crippen molar-refractivity contribution in [1.82, 2.24) is 15.5 Å². The predicted octanol–water partition coefficient (Wildman–Crippen LogP) is -0.129. The topological polar surface area (TPSA) is 27.3 Å². The van der Waals surface area contributed by atoms with Gasteiger partial charge in [-0.15, -0.1) is 0 Å². The van der Waals surface area contributed by atoms with Crippen molar-refractivity contribution in [2.24, 2.45) is 0 Å². The van der Waals surface area contributed by atoms with Gasteiger partial charge in [0.25, 0.3) is 0 Å². The van der Waals surface area contributed by atoms with Gasteiger partial charge in [-0.05, 0) is 20.3 Å². The number of nitrogens with one attached hydrogen (secondary N) is 2. The van der Waals surface area contributed by atoms with Gasteiger partial charge in [-0.3, -0.25) is 0 Å². The molecule has 0 unspecified atom stereocenters. The summed E-state index contributed by atoms with van der Waals surface area (Å²) in [5, 5.41) is 6.32. The molecule has 0 saturated carbocycles. The normalized spacial score (nSPS) is 10.1. The second-order valence-corrected chi connectivity index (χ2v) is 2.71. The maximum atomic E-state index is 3.56. The molecule has 0 saturated heterocycles. The maximum absolute atomic E-state index is 3.56. The Bertz CT molecular complexity index is 91.3. The smallest absolute Gasteiger partial charge is 0.0266 e. The first kappa shape index (κ1) is 10.5. The molecule has 11 heavy (non-hydrogen) atoms. The van der Waals surface area contributed by atoms with Crippen molar-refractivity contribution in [3.8, 4) is 0 Å². The minimum Gasteiger partial charge on any atom is -0.390 e. The first-order chi connectivity index (χ1) is 5.27. The molecule has 0 aliphatic carbocycles. The molecule has 3 nitrogen and oxygen atoms in total. The van der Waals surface area contributed by atoms with Crippen LogP contribution in [0.1, 0.15) is 0 Å². The third kappa shape index (κ3) is 9.46. The summed E-state index contributed by atoms with van der Waals surface area (Å²) in [4.78, 5) is 2.16. The van der Waals surface area contributed by atoms with Crippen LogP contribution in [0.2, 0.25) is 0 Å². The van der Waals surface area contributed by atoms with Crippen molar-refractivity contribution in [3.63, 3.8) is 0 Å². The molecule has 0 aromatic rings. The molecule has 3 heteroatoms. The van der Waals surface area contributed by atoms with Crippen LogP contribution in [0.15, 0.2) is 12.8 Å². The van der Waals surface area contributed by atoms with Crippen LogP contribution in [0, 0.1) is 0 Å². The highest BCUT2D eigenvalue weighted by atomic mass is 15.1. The lowest BCUT2D eigenvalue weighted by atomic mass is 10.5. The second kappa shape index (κ2) is 7.57. The number of hydrogen-bond acceptors (Lipinski definition) is 3. The molecular weight excluding hydrogens is 138 g/mol. The Balaban J connectivity index is 2.85. The van der Waals surface area contributed by atoms with E-state index >= 15 is 0 Å². The van der Waals surface area contributed by atoms with E-state index in [9.17, 15) is 0 Å². The van der Waals surface area contributed by atoms with Gasteiger partial charge in [0.15, 0.2) is 0 Å². The third-order valence-electron chi connectivity index (χ3n) is 1.33. The fraction of sp³-hybridized carbons (Fsp3) is 0.750. The van der Waals surface area contributed by atoms with E-state index in [-0.39, 0.29) is 0 Å². The van der Waals surface area contributed by atoms with Gasteiger partial charge in [-0.1, -0.05) is 6.58 Å². The monoisotopic (exact) mass is 157 g/mol. The second-order valence-electron chi connectivity index (χ2n) is 2.71. The largest absolute Gasteiger partial charge is 0.390 e. The summed E-state index contributed by atoms with van der Waals surface area (Å²) in [6, 6.07) is 0. The number of nitrogens with zero attached hydrogens (tertiary/aromatic N) is 1. The van der Waals surface area contributed by atoms with Crippen molar-refractivity contribution < 1.29 is 0 Å². The third-order valence-corrected chi connectivity index (χ3v) is 1.33. The molecule has 0 aliphatic heterocycles. The lowest BCUT2D eigenvalue weighted by Crippen LogP contribution is -2.30. The van der Waals surface area contributed by atoms with Crippen LogP contribution >= 0.6 is 0 Å². The fourth-order valence-corrected chi connectivity index (χ4v) is 0.690. The van der Waals surface area contributed by atoms with Crippen LogP contribution in [-0.4, -0.2) is 45.2 Å². The number of rotatable bonds is 7. The Kier molecular flexibility index (Phi) is 7.19. The molecule has 0 atom stereocenters. The van der Waals surface area contributed by atoms with Gasteiger partial charge in [0.1, 0.15) is 0 Å². The summed E-state index contributed by atoms with van der Waals surface area (Å²) in [6.45, 7) is 7.65. The molecule has 0 aromatic heterocycles. The number of hydrogen-bond donors (Lipinski definition) is 2. The van der Waals surface area contributed by atoms with Crippen molar-refractivity contribution in [2.75, 3.05) is 40.3 Å². The first-order valence-corrected chi connectivity index (χ1v) is 3.97. The Hall–Kier alpha value is -0.540. The average Bonchev–Trinajstić information content (AvgIpc) is 1.96. The van der Waals surface area contributed by atoms with Crippen LogP contribution < -0.4 is 10.6 Å². The Labute approximate surface area is 69.5 Å². The zero-order valence-electron chi connectivity index (χ0n) is 7.56. The van der Waals surface area contributed by atoms with Gasteiger partial charge in [0.05, 0.1) is 0 Å². The van der Waals surface area contributed by atoms with E-state index in [1.54, 1.807) is 6.20 Å². The molecule has 0 bridgehead atoms. The van der Waals surface area contributed by atoms with E-state index in [4.69, 9.17) is 0 Å². The molecule has 0 heterocycles. The average molecular weight is 157 g/mol. The van der Waals surface area contributed by atoms with Gasteiger partial charge in [0.2, 0.25) is 0 Å². The van der Waals surface area contributed by atoms with Crippen LogP contribution in [0.4, 0.5) is 0 Å². The van der Waals surface area contributed by atoms with E-state index in [0.717, 1.165) is 26.2 Å². The standard InChI is InChI=1S/C8H19N3/c1-4-9-5-6-10-7-8-11(2)3/h4,9-10H,1,5-8H2,2-3H3.